The van der Waals surface area contributed by atoms with Gasteiger partial charge in [0, 0.05) is 38.6 Å². The summed E-state index contributed by atoms with van der Waals surface area (Å²) in [6.45, 7) is 4.38. The lowest BCUT2D eigenvalue weighted by Gasteiger charge is -2.35. The van der Waals surface area contributed by atoms with E-state index < -0.39 is 5.97 Å². The summed E-state index contributed by atoms with van der Waals surface area (Å²) < 4.78 is 10.5. The zero-order valence-electron chi connectivity index (χ0n) is 15.2. The molecular weight excluding hydrogens is 348 g/mol. The number of nitrogens with zero attached hydrogens (tertiary/aromatic N) is 4. The number of esters is 1. The van der Waals surface area contributed by atoms with Crippen LogP contribution in [0.2, 0.25) is 0 Å². The molecule has 8 heteroatoms. The first-order valence-electron chi connectivity index (χ1n) is 8.87. The van der Waals surface area contributed by atoms with Gasteiger partial charge in [-0.25, -0.2) is 14.8 Å². The minimum Gasteiger partial charge on any atom is -0.477 e. The van der Waals surface area contributed by atoms with Crippen LogP contribution < -0.4 is 9.64 Å². The van der Waals surface area contributed by atoms with Crippen LogP contribution in [-0.2, 0) is 9.53 Å². The molecule has 8 nitrogen and oxygen atoms in total. The molecule has 3 heterocycles. The van der Waals surface area contributed by atoms with Gasteiger partial charge in [-0.15, -0.1) is 0 Å². The van der Waals surface area contributed by atoms with E-state index in [-0.39, 0.29) is 24.0 Å². The smallest absolute Gasteiger partial charge is 0.344 e. The van der Waals surface area contributed by atoms with Crippen LogP contribution in [0.5, 0.6) is 5.88 Å². The SMILES string of the molecule is CCOc1ncccc1C(=O)OCC(=O)N1CCN(c2ccccn2)CC1. The zero-order chi connectivity index (χ0) is 19.1. The average Bonchev–Trinajstić information content (AvgIpc) is 2.73. The number of ether oxygens (including phenoxy) is 2. The molecule has 0 aromatic carbocycles. The van der Waals surface area contributed by atoms with Gasteiger partial charge in [0.2, 0.25) is 5.88 Å². The highest BCUT2D eigenvalue weighted by Gasteiger charge is 2.23. The number of aromatic nitrogens is 2. The van der Waals surface area contributed by atoms with E-state index in [1.54, 1.807) is 30.2 Å². The molecule has 2 aromatic rings. The highest BCUT2D eigenvalue weighted by Crippen LogP contribution is 2.16. The standard InChI is InChI=1S/C19H22N4O4/c1-2-26-18-15(6-5-9-21-18)19(25)27-14-17(24)23-12-10-22(11-13-23)16-7-3-4-8-20-16/h3-9H,2,10-14H2,1H3. The molecular formula is C19H22N4O4. The molecule has 0 saturated carbocycles. The van der Waals surface area contributed by atoms with Crippen LogP contribution in [-0.4, -0.2) is 66.1 Å². The van der Waals surface area contributed by atoms with Gasteiger partial charge in [-0.05, 0) is 31.2 Å². The van der Waals surface area contributed by atoms with Gasteiger partial charge in [0.15, 0.2) is 6.61 Å². The van der Waals surface area contributed by atoms with Crippen LogP contribution in [0.3, 0.4) is 0 Å². The number of hydrogen-bond acceptors (Lipinski definition) is 7. The lowest BCUT2D eigenvalue weighted by Crippen LogP contribution is -2.50. The molecule has 1 saturated heterocycles. The van der Waals surface area contributed by atoms with Crippen LogP contribution in [0.1, 0.15) is 17.3 Å². The fourth-order valence-electron chi connectivity index (χ4n) is 2.82. The first-order chi connectivity index (χ1) is 13.2. The lowest BCUT2D eigenvalue weighted by atomic mass is 10.2. The van der Waals surface area contributed by atoms with E-state index in [1.807, 2.05) is 18.2 Å². The highest BCUT2D eigenvalue weighted by atomic mass is 16.5. The molecule has 1 amide bonds. The summed E-state index contributed by atoms with van der Waals surface area (Å²) >= 11 is 0. The van der Waals surface area contributed by atoms with E-state index in [4.69, 9.17) is 9.47 Å². The normalized spacial score (nSPS) is 14.0. The van der Waals surface area contributed by atoms with Gasteiger partial charge in [-0.3, -0.25) is 4.79 Å². The summed E-state index contributed by atoms with van der Waals surface area (Å²) in [6, 6.07) is 8.95. The Morgan fingerprint density at radius 3 is 2.52 bits per heavy atom. The largest absolute Gasteiger partial charge is 0.477 e. The Kier molecular flexibility index (Phi) is 6.19. The molecule has 0 bridgehead atoms. The van der Waals surface area contributed by atoms with Gasteiger partial charge >= 0.3 is 5.97 Å². The van der Waals surface area contributed by atoms with Crippen molar-refractivity contribution in [2.45, 2.75) is 6.92 Å². The number of rotatable bonds is 6. The second-order valence-electron chi connectivity index (χ2n) is 5.92. The molecule has 27 heavy (non-hydrogen) atoms. The first-order valence-corrected chi connectivity index (χ1v) is 8.87. The fraction of sp³-hybridized carbons (Fsp3) is 0.368. The number of carbonyl (C=O) groups is 2. The van der Waals surface area contributed by atoms with Crippen molar-refractivity contribution in [2.24, 2.45) is 0 Å². The number of pyridine rings is 2. The van der Waals surface area contributed by atoms with Crippen LogP contribution in [0.4, 0.5) is 5.82 Å². The second-order valence-corrected chi connectivity index (χ2v) is 5.92. The number of carbonyl (C=O) groups excluding carboxylic acids is 2. The van der Waals surface area contributed by atoms with Crippen molar-refractivity contribution in [2.75, 3.05) is 44.3 Å². The van der Waals surface area contributed by atoms with Gasteiger partial charge in [-0.2, -0.15) is 0 Å². The highest BCUT2D eigenvalue weighted by molar-refractivity contribution is 5.93. The molecule has 1 aliphatic rings. The van der Waals surface area contributed by atoms with Gasteiger partial charge in [0.25, 0.3) is 5.91 Å². The second kappa shape index (κ2) is 8.98. The molecule has 2 aromatic heterocycles. The number of anilines is 1. The first kappa shape index (κ1) is 18.6. The van der Waals surface area contributed by atoms with Gasteiger partial charge in [0.05, 0.1) is 6.61 Å². The minimum atomic E-state index is -0.618. The molecule has 1 fully saturated rings. The van der Waals surface area contributed by atoms with Crippen molar-refractivity contribution in [3.8, 4) is 5.88 Å². The van der Waals surface area contributed by atoms with Crippen LogP contribution in [0.25, 0.3) is 0 Å². The van der Waals surface area contributed by atoms with Crippen LogP contribution in [0, 0.1) is 0 Å². The van der Waals surface area contributed by atoms with Crippen LogP contribution >= 0.6 is 0 Å². The maximum atomic E-state index is 12.4. The zero-order valence-corrected chi connectivity index (χ0v) is 15.2. The molecule has 1 aliphatic heterocycles. The van der Waals surface area contributed by atoms with Gasteiger partial charge in [0.1, 0.15) is 11.4 Å². The van der Waals surface area contributed by atoms with Crippen molar-refractivity contribution >= 4 is 17.7 Å². The van der Waals surface area contributed by atoms with E-state index in [2.05, 4.69) is 14.9 Å². The van der Waals surface area contributed by atoms with Crippen molar-refractivity contribution in [1.82, 2.24) is 14.9 Å². The Morgan fingerprint density at radius 1 is 1.04 bits per heavy atom. The van der Waals surface area contributed by atoms with E-state index in [1.165, 1.54) is 6.20 Å². The predicted octanol–water partition coefficient (Wildman–Crippen LogP) is 1.38. The molecule has 0 aliphatic carbocycles. The summed E-state index contributed by atoms with van der Waals surface area (Å²) in [6.07, 6.45) is 3.29. The number of hydrogen-bond donors (Lipinski definition) is 0. The number of amides is 1. The summed E-state index contributed by atoms with van der Waals surface area (Å²) in [5, 5.41) is 0. The van der Waals surface area contributed by atoms with Gasteiger partial charge in [-0.1, -0.05) is 6.07 Å². The van der Waals surface area contributed by atoms with E-state index in [0.29, 0.717) is 32.8 Å². The number of piperazine rings is 1. The summed E-state index contributed by atoms with van der Waals surface area (Å²) in [4.78, 5) is 36.7. The Bertz CT molecular complexity index is 776. The minimum absolute atomic E-state index is 0.210. The lowest BCUT2D eigenvalue weighted by molar-refractivity contribution is -0.134. The molecule has 0 radical (unpaired) electrons. The van der Waals surface area contributed by atoms with Gasteiger partial charge < -0.3 is 19.3 Å². The summed E-state index contributed by atoms with van der Waals surface area (Å²) in [5.74, 6) is 0.273. The van der Waals surface area contributed by atoms with Crippen molar-refractivity contribution < 1.29 is 19.1 Å². The maximum Gasteiger partial charge on any atom is 0.344 e. The van der Waals surface area contributed by atoms with Crippen LogP contribution in [0.15, 0.2) is 42.7 Å². The maximum absolute atomic E-state index is 12.4. The van der Waals surface area contributed by atoms with E-state index >= 15 is 0 Å². The van der Waals surface area contributed by atoms with Crippen molar-refractivity contribution in [3.05, 3.63) is 48.3 Å². The molecule has 0 unspecified atom stereocenters. The third-order valence-corrected chi connectivity index (χ3v) is 4.20. The van der Waals surface area contributed by atoms with Crippen molar-refractivity contribution in [1.29, 1.82) is 0 Å². The topological polar surface area (TPSA) is 84.9 Å². The Morgan fingerprint density at radius 2 is 1.81 bits per heavy atom. The van der Waals surface area contributed by atoms with E-state index in [9.17, 15) is 9.59 Å². The fourth-order valence-corrected chi connectivity index (χ4v) is 2.82. The average molecular weight is 370 g/mol. The molecule has 0 atom stereocenters. The molecule has 142 valence electrons. The molecule has 3 rings (SSSR count). The quantitative estimate of drug-likeness (QED) is 0.710. The Balaban J connectivity index is 1.50. The van der Waals surface area contributed by atoms with Crippen molar-refractivity contribution in [3.63, 3.8) is 0 Å². The van der Waals surface area contributed by atoms with E-state index in [0.717, 1.165) is 5.82 Å². The summed E-state index contributed by atoms with van der Waals surface area (Å²) in [5.41, 5.74) is 0.215. The third-order valence-electron chi connectivity index (χ3n) is 4.20. The predicted molar refractivity (Wildman–Crippen MR) is 98.7 cm³/mol. The third kappa shape index (κ3) is 4.72. The molecule has 0 spiro atoms. The monoisotopic (exact) mass is 370 g/mol. The Labute approximate surface area is 157 Å². The summed E-state index contributed by atoms with van der Waals surface area (Å²) in [7, 11) is 0. The Hall–Kier alpha value is -3.16. The molecule has 0 N–H and O–H groups in total.